The molecule has 0 fully saturated rings. The average molecular weight is 416 g/mol. The molecule has 1 amide bonds. The smallest absolute Gasteiger partial charge is 0.241 e. The Bertz CT molecular complexity index is 1050. The van der Waals surface area contributed by atoms with E-state index in [1.165, 1.54) is 6.07 Å². The van der Waals surface area contributed by atoms with Gasteiger partial charge in [-0.2, -0.15) is 0 Å². The summed E-state index contributed by atoms with van der Waals surface area (Å²) in [7, 11) is -3.78. The first-order valence-electron chi connectivity index (χ1n) is 9.68. The lowest BCUT2D eigenvalue weighted by atomic mass is 9.97. The van der Waals surface area contributed by atoms with E-state index >= 15 is 0 Å². The van der Waals surface area contributed by atoms with Crippen molar-refractivity contribution in [1.82, 2.24) is 4.72 Å². The fraction of sp³-hybridized carbons (Fsp3) is 0.381. The van der Waals surface area contributed by atoms with Gasteiger partial charge >= 0.3 is 0 Å². The van der Waals surface area contributed by atoms with Gasteiger partial charge in [0.25, 0.3) is 0 Å². The predicted octanol–water partition coefficient (Wildman–Crippen LogP) is 3.02. The largest absolute Gasteiger partial charge is 0.490 e. The van der Waals surface area contributed by atoms with Gasteiger partial charge in [0, 0.05) is 18.2 Å². The lowest BCUT2D eigenvalue weighted by Crippen LogP contribution is -2.32. The van der Waals surface area contributed by atoms with Crippen LogP contribution in [0.2, 0.25) is 0 Å². The average Bonchev–Trinajstić information content (AvgIpc) is 2.89. The topological polar surface area (TPSA) is 93.7 Å². The minimum atomic E-state index is -3.78. The molecule has 0 saturated heterocycles. The van der Waals surface area contributed by atoms with Crippen molar-refractivity contribution >= 4 is 21.6 Å². The molecule has 4 rings (SSSR count). The van der Waals surface area contributed by atoms with E-state index in [-0.39, 0.29) is 23.1 Å². The summed E-state index contributed by atoms with van der Waals surface area (Å²) in [6.07, 6.45) is 0.994. The number of hydrogen-bond acceptors (Lipinski definition) is 5. The van der Waals surface area contributed by atoms with Crippen molar-refractivity contribution in [2.45, 2.75) is 37.6 Å². The van der Waals surface area contributed by atoms with Crippen molar-refractivity contribution < 1.29 is 22.7 Å². The lowest BCUT2D eigenvalue weighted by molar-refractivity contribution is -0.115. The van der Waals surface area contributed by atoms with Gasteiger partial charge in [-0.25, -0.2) is 13.1 Å². The van der Waals surface area contributed by atoms with Crippen molar-refractivity contribution in [2.75, 3.05) is 18.5 Å². The zero-order chi connectivity index (χ0) is 20.6. The Labute approximate surface area is 170 Å². The quantitative estimate of drug-likeness (QED) is 0.782. The number of nitrogens with one attached hydrogen (secondary N) is 2. The summed E-state index contributed by atoms with van der Waals surface area (Å²) in [6.45, 7) is 5.08. The zero-order valence-corrected chi connectivity index (χ0v) is 17.2. The molecule has 2 heterocycles. The number of carbonyl (C=O) groups excluding carboxylic acids is 1. The summed E-state index contributed by atoms with van der Waals surface area (Å²) >= 11 is 0. The molecule has 7 nitrogen and oxygen atoms in total. The van der Waals surface area contributed by atoms with Crippen LogP contribution in [0.3, 0.4) is 0 Å². The van der Waals surface area contributed by atoms with Crippen LogP contribution in [-0.2, 0) is 21.2 Å². The Morgan fingerprint density at radius 2 is 1.79 bits per heavy atom. The summed E-state index contributed by atoms with van der Waals surface area (Å²) in [6, 6.07) is 9.80. The predicted molar refractivity (Wildman–Crippen MR) is 109 cm³/mol. The van der Waals surface area contributed by atoms with Crippen LogP contribution in [-0.4, -0.2) is 27.5 Å². The number of amides is 1. The Balaban J connectivity index is 1.62. The van der Waals surface area contributed by atoms with E-state index in [1.54, 1.807) is 12.1 Å². The maximum Gasteiger partial charge on any atom is 0.241 e. The van der Waals surface area contributed by atoms with Crippen molar-refractivity contribution in [3.05, 3.63) is 47.5 Å². The third-order valence-corrected chi connectivity index (χ3v) is 6.53. The van der Waals surface area contributed by atoms with Crippen LogP contribution in [0, 0.1) is 5.92 Å². The summed E-state index contributed by atoms with van der Waals surface area (Å²) in [4.78, 5) is 11.7. The van der Waals surface area contributed by atoms with E-state index in [4.69, 9.17) is 9.47 Å². The minimum Gasteiger partial charge on any atom is -0.490 e. The summed E-state index contributed by atoms with van der Waals surface area (Å²) < 4.78 is 40.4. The summed E-state index contributed by atoms with van der Waals surface area (Å²) in [5, 5.41) is 2.72. The third kappa shape index (κ3) is 4.09. The van der Waals surface area contributed by atoms with Gasteiger partial charge < -0.3 is 14.8 Å². The molecular formula is C21H24N2O5S. The van der Waals surface area contributed by atoms with Crippen molar-refractivity contribution in [2.24, 2.45) is 5.92 Å². The maximum absolute atomic E-state index is 13.1. The first-order chi connectivity index (χ1) is 13.8. The maximum atomic E-state index is 13.1. The van der Waals surface area contributed by atoms with Crippen LogP contribution in [0.1, 0.15) is 37.4 Å². The molecule has 2 aliphatic heterocycles. The first-order valence-corrected chi connectivity index (χ1v) is 11.2. The van der Waals surface area contributed by atoms with Crippen LogP contribution in [0.15, 0.2) is 41.3 Å². The Morgan fingerprint density at radius 3 is 2.55 bits per heavy atom. The highest BCUT2D eigenvalue weighted by Gasteiger charge is 2.27. The fourth-order valence-electron chi connectivity index (χ4n) is 3.57. The van der Waals surface area contributed by atoms with E-state index < -0.39 is 16.1 Å². The molecule has 0 aliphatic carbocycles. The number of benzene rings is 2. The monoisotopic (exact) mass is 416 g/mol. The SMILES string of the molecule is CC(C)[C@H](NS(=O)(=O)c1ccc2c(c1)CC(=O)N2)c1ccc2c(c1)OCCCO2. The van der Waals surface area contributed by atoms with Crippen LogP contribution >= 0.6 is 0 Å². The summed E-state index contributed by atoms with van der Waals surface area (Å²) in [5.74, 6) is 1.18. The van der Waals surface area contributed by atoms with E-state index in [0.717, 1.165) is 12.0 Å². The van der Waals surface area contributed by atoms with Crippen LogP contribution in [0.4, 0.5) is 5.69 Å². The van der Waals surface area contributed by atoms with Gasteiger partial charge in [0.2, 0.25) is 15.9 Å². The molecule has 0 bridgehead atoms. The molecule has 2 aromatic carbocycles. The van der Waals surface area contributed by atoms with Crippen LogP contribution in [0.25, 0.3) is 0 Å². The number of carbonyl (C=O) groups is 1. The van der Waals surface area contributed by atoms with Crippen molar-refractivity contribution in [3.63, 3.8) is 0 Å². The van der Waals surface area contributed by atoms with Gasteiger partial charge in [0.1, 0.15) is 0 Å². The Kier molecular flexibility index (Phi) is 5.23. The molecule has 1 atom stereocenters. The number of fused-ring (bicyclic) bond motifs is 2. The zero-order valence-electron chi connectivity index (χ0n) is 16.4. The fourth-order valence-corrected chi connectivity index (χ4v) is 4.99. The minimum absolute atomic E-state index is 0.00666. The molecule has 2 N–H and O–H groups in total. The second-order valence-electron chi connectivity index (χ2n) is 7.64. The second-order valence-corrected chi connectivity index (χ2v) is 9.36. The molecule has 8 heteroatoms. The van der Waals surface area contributed by atoms with Crippen LogP contribution < -0.4 is 19.5 Å². The third-order valence-electron chi connectivity index (χ3n) is 5.09. The molecule has 0 aromatic heterocycles. The van der Waals surface area contributed by atoms with Gasteiger partial charge in [-0.1, -0.05) is 19.9 Å². The molecule has 154 valence electrons. The Morgan fingerprint density at radius 1 is 1.03 bits per heavy atom. The van der Waals surface area contributed by atoms with Gasteiger partial charge in [-0.15, -0.1) is 0 Å². The number of sulfonamides is 1. The molecule has 2 aliphatic rings. The number of rotatable bonds is 5. The molecular weight excluding hydrogens is 392 g/mol. The van der Waals surface area contributed by atoms with E-state index in [0.29, 0.717) is 36.0 Å². The Hall–Kier alpha value is -2.58. The molecule has 0 radical (unpaired) electrons. The van der Waals surface area contributed by atoms with Gasteiger partial charge in [-0.3, -0.25) is 4.79 Å². The number of ether oxygens (including phenoxy) is 2. The van der Waals surface area contributed by atoms with Gasteiger partial charge in [0.05, 0.1) is 24.5 Å². The van der Waals surface area contributed by atoms with Crippen molar-refractivity contribution in [3.8, 4) is 11.5 Å². The molecule has 0 saturated carbocycles. The van der Waals surface area contributed by atoms with Gasteiger partial charge in [-0.05, 0) is 47.4 Å². The van der Waals surface area contributed by atoms with E-state index in [1.807, 2.05) is 32.0 Å². The second kappa shape index (κ2) is 7.68. The molecule has 2 aromatic rings. The highest BCUT2D eigenvalue weighted by Crippen LogP contribution is 2.35. The van der Waals surface area contributed by atoms with E-state index in [2.05, 4.69) is 10.0 Å². The first kappa shape index (κ1) is 19.7. The summed E-state index contributed by atoms with van der Waals surface area (Å²) in [5.41, 5.74) is 2.16. The number of hydrogen-bond donors (Lipinski definition) is 2. The highest BCUT2D eigenvalue weighted by molar-refractivity contribution is 7.89. The number of anilines is 1. The van der Waals surface area contributed by atoms with Gasteiger partial charge in [0.15, 0.2) is 11.5 Å². The normalized spacial score (nSPS) is 16.9. The highest BCUT2D eigenvalue weighted by atomic mass is 32.2. The van der Waals surface area contributed by atoms with Crippen molar-refractivity contribution in [1.29, 1.82) is 0 Å². The van der Waals surface area contributed by atoms with Crippen LogP contribution in [0.5, 0.6) is 11.5 Å². The molecule has 0 spiro atoms. The van der Waals surface area contributed by atoms with E-state index in [9.17, 15) is 13.2 Å². The molecule has 29 heavy (non-hydrogen) atoms. The standard InChI is InChI=1S/C21H24N2O5S/c1-13(2)21(14-4-7-18-19(11-14)28-9-3-8-27-18)23-29(25,26)16-5-6-17-15(10-16)12-20(24)22-17/h4-7,10-11,13,21,23H,3,8-9,12H2,1-2H3,(H,22,24)/t21-/m0/s1. The lowest BCUT2D eigenvalue weighted by Gasteiger charge is -2.24. The molecule has 0 unspecified atom stereocenters.